The van der Waals surface area contributed by atoms with E-state index in [4.69, 9.17) is 9.47 Å². The SMILES string of the molecule is CCNC(=NCc1cccc(OCC)c1OC(F)F)NCC1CCCN(C)C1.I. The number of aliphatic imine (C=N–C) groups is 1. The maximum atomic E-state index is 12.9. The van der Waals surface area contributed by atoms with Crippen LogP contribution in [0.4, 0.5) is 8.78 Å². The fraction of sp³-hybridized carbons (Fsp3) is 0.650. The molecule has 0 amide bonds. The van der Waals surface area contributed by atoms with Crippen molar-refractivity contribution in [1.29, 1.82) is 0 Å². The molecule has 1 aliphatic heterocycles. The summed E-state index contributed by atoms with van der Waals surface area (Å²) in [5.74, 6) is 1.59. The van der Waals surface area contributed by atoms with Gasteiger partial charge in [-0.05, 0) is 52.3 Å². The molecule has 166 valence electrons. The predicted octanol–water partition coefficient (Wildman–Crippen LogP) is 3.70. The molecule has 9 heteroatoms. The first-order chi connectivity index (χ1) is 13.5. The molecule has 1 saturated heterocycles. The van der Waals surface area contributed by atoms with Crippen molar-refractivity contribution in [3.05, 3.63) is 23.8 Å². The highest BCUT2D eigenvalue weighted by Gasteiger charge is 2.18. The van der Waals surface area contributed by atoms with E-state index in [0.717, 1.165) is 26.2 Å². The van der Waals surface area contributed by atoms with Crippen molar-refractivity contribution < 1.29 is 18.3 Å². The summed E-state index contributed by atoms with van der Waals surface area (Å²) < 4.78 is 35.9. The van der Waals surface area contributed by atoms with Gasteiger partial charge in [-0.3, -0.25) is 0 Å². The summed E-state index contributed by atoms with van der Waals surface area (Å²) in [6.45, 7) is 5.21. The number of likely N-dealkylation sites (tertiary alicyclic amines) is 1. The summed E-state index contributed by atoms with van der Waals surface area (Å²) in [6.07, 6.45) is 2.40. The van der Waals surface area contributed by atoms with Crippen LogP contribution in [-0.2, 0) is 6.54 Å². The molecule has 0 radical (unpaired) electrons. The normalized spacial score (nSPS) is 17.6. The lowest BCUT2D eigenvalue weighted by Gasteiger charge is -2.30. The van der Waals surface area contributed by atoms with Crippen LogP contribution >= 0.6 is 24.0 Å². The third kappa shape index (κ3) is 8.90. The van der Waals surface area contributed by atoms with Crippen LogP contribution in [0.2, 0.25) is 0 Å². The zero-order valence-electron chi connectivity index (χ0n) is 17.4. The van der Waals surface area contributed by atoms with Gasteiger partial charge >= 0.3 is 6.61 Å². The number of ether oxygens (including phenoxy) is 2. The summed E-state index contributed by atoms with van der Waals surface area (Å²) in [6, 6.07) is 5.10. The van der Waals surface area contributed by atoms with E-state index in [2.05, 4.69) is 27.6 Å². The molecule has 1 heterocycles. The number of nitrogens with one attached hydrogen (secondary N) is 2. The van der Waals surface area contributed by atoms with Crippen LogP contribution in [0.1, 0.15) is 32.3 Å². The van der Waals surface area contributed by atoms with Crippen LogP contribution in [0.5, 0.6) is 11.5 Å². The summed E-state index contributed by atoms with van der Waals surface area (Å²) in [4.78, 5) is 6.90. The topological polar surface area (TPSA) is 58.1 Å². The Bertz CT molecular complexity index is 634. The summed E-state index contributed by atoms with van der Waals surface area (Å²) >= 11 is 0. The number of guanidine groups is 1. The second-order valence-corrected chi connectivity index (χ2v) is 6.90. The Morgan fingerprint density at radius 1 is 1.31 bits per heavy atom. The van der Waals surface area contributed by atoms with Gasteiger partial charge in [-0.15, -0.1) is 24.0 Å². The number of nitrogens with zero attached hydrogens (tertiary/aromatic N) is 2. The Labute approximate surface area is 189 Å². The molecule has 0 spiro atoms. The zero-order valence-corrected chi connectivity index (χ0v) is 19.7. The van der Waals surface area contributed by atoms with Crippen molar-refractivity contribution in [3.8, 4) is 11.5 Å². The van der Waals surface area contributed by atoms with E-state index >= 15 is 0 Å². The Kier molecular flexibility index (Phi) is 12.2. The first-order valence-electron chi connectivity index (χ1n) is 9.93. The van der Waals surface area contributed by atoms with Gasteiger partial charge in [0.25, 0.3) is 0 Å². The minimum atomic E-state index is -2.92. The molecule has 1 aromatic rings. The summed E-state index contributed by atoms with van der Waals surface area (Å²) in [5, 5.41) is 6.58. The fourth-order valence-corrected chi connectivity index (χ4v) is 3.36. The van der Waals surface area contributed by atoms with E-state index in [0.29, 0.717) is 29.8 Å². The van der Waals surface area contributed by atoms with Gasteiger partial charge in [0.15, 0.2) is 17.5 Å². The van der Waals surface area contributed by atoms with Crippen LogP contribution in [0.15, 0.2) is 23.2 Å². The molecule has 0 aliphatic carbocycles. The van der Waals surface area contributed by atoms with E-state index in [1.165, 1.54) is 12.8 Å². The summed E-state index contributed by atoms with van der Waals surface area (Å²) in [5.41, 5.74) is 0.556. The fourth-order valence-electron chi connectivity index (χ4n) is 3.36. The molecule has 0 bridgehead atoms. The molecular weight excluding hydrogens is 493 g/mol. The molecule has 2 rings (SSSR count). The van der Waals surface area contributed by atoms with Crippen molar-refractivity contribution in [2.45, 2.75) is 39.8 Å². The standard InChI is InChI=1S/C20H32F2N4O2.HI/c1-4-23-20(24-12-15-8-7-11-26(3)14-15)25-13-16-9-6-10-17(27-5-2)18(16)28-19(21)22;/h6,9-10,15,19H,4-5,7-8,11-14H2,1-3H3,(H2,23,24,25);1H. The third-order valence-corrected chi connectivity index (χ3v) is 4.60. The smallest absolute Gasteiger partial charge is 0.387 e. The molecule has 29 heavy (non-hydrogen) atoms. The van der Waals surface area contributed by atoms with E-state index in [9.17, 15) is 8.78 Å². The highest BCUT2D eigenvalue weighted by molar-refractivity contribution is 14.0. The van der Waals surface area contributed by atoms with Crippen molar-refractivity contribution in [2.24, 2.45) is 10.9 Å². The number of piperidine rings is 1. The lowest BCUT2D eigenvalue weighted by atomic mass is 9.99. The van der Waals surface area contributed by atoms with Gasteiger partial charge in [-0.1, -0.05) is 12.1 Å². The Morgan fingerprint density at radius 2 is 2.10 bits per heavy atom. The number of rotatable bonds is 9. The zero-order chi connectivity index (χ0) is 20.4. The first kappa shape index (κ1) is 25.7. The number of alkyl halides is 2. The van der Waals surface area contributed by atoms with Crippen LogP contribution in [0, 0.1) is 5.92 Å². The second-order valence-electron chi connectivity index (χ2n) is 6.90. The van der Waals surface area contributed by atoms with Gasteiger partial charge in [0, 0.05) is 25.2 Å². The Hall–Kier alpha value is -1.36. The van der Waals surface area contributed by atoms with Gasteiger partial charge in [0.2, 0.25) is 0 Å². The minimum Gasteiger partial charge on any atom is -0.490 e. The molecule has 1 aliphatic rings. The summed E-state index contributed by atoms with van der Waals surface area (Å²) in [7, 11) is 2.14. The lowest BCUT2D eigenvalue weighted by molar-refractivity contribution is -0.0520. The van der Waals surface area contributed by atoms with E-state index in [1.807, 2.05) is 6.92 Å². The Morgan fingerprint density at radius 3 is 2.76 bits per heavy atom. The highest BCUT2D eigenvalue weighted by atomic mass is 127. The lowest BCUT2D eigenvalue weighted by Crippen LogP contribution is -2.43. The molecule has 1 atom stereocenters. The average Bonchev–Trinajstić information content (AvgIpc) is 2.66. The maximum absolute atomic E-state index is 12.9. The number of benzene rings is 1. The van der Waals surface area contributed by atoms with Crippen molar-refractivity contribution >= 4 is 29.9 Å². The van der Waals surface area contributed by atoms with E-state index in [1.54, 1.807) is 25.1 Å². The van der Waals surface area contributed by atoms with Gasteiger partial charge in [-0.25, -0.2) is 4.99 Å². The molecule has 2 N–H and O–H groups in total. The second kappa shape index (κ2) is 13.8. The number of halogens is 3. The molecule has 6 nitrogen and oxygen atoms in total. The molecule has 0 saturated carbocycles. The van der Waals surface area contributed by atoms with E-state index in [-0.39, 0.29) is 36.3 Å². The van der Waals surface area contributed by atoms with Gasteiger partial charge < -0.3 is 25.0 Å². The van der Waals surface area contributed by atoms with Crippen molar-refractivity contribution in [3.63, 3.8) is 0 Å². The number of hydrogen-bond acceptors (Lipinski definition) is 4. The molecule has 1 fully saturated rings. The maximum Gasteiger partial charge on any atom is 0.387 e. The largest absolute Gasteiger partial charge is 0.490 e. The molecule has 1 unspecified atom stereocenters. The van der Waals surface area contributed by atoms with E-state index < -0.39 is 6.61 Å². The quantitative estimate of drug-likeness (QED) is 0.292. The molecule has 1 aromatic carbocycles. The van der Waals surface area contributed by atoms with Crippen LogP contribution in [0.25, 0.3) is 0 Å². The van der Waals surface area contributed by atoms with Gasteiger partial charge in [-0.2, -0.15) is 8.78 Å². The van der Waals surface area contributed by atoms with Crippen LogP contribution in [-0.4, -0.2) is 57.3 Å². The highest BCUT2D eigenvalue weighted by Crippen LogP contribution is 2.33. The number of hydrogen-bond donors (Lipinski definition) is 2. The van der Waals surface area contributed by atoms with Gasteiger partial charge in [0.1, 0.15) is 0 Å². The minimum absolute atomic E-state index is 0. The van der Waals surface area contributed by atoms with Crippen molar-refractivity contribution in [1.82, 2.24) is 15.5 Å². The molecular formula is C20H33F2IN4O2. The first-order valence-corrected chi connectivity index (χ1v) is 9.93. The van der Waals surface area contributed by atoms with Crippen molar-refractivity contribution in [2.75, 3.05) is 39.8 Å². The monoisotopic (exact) mass is 526 g/mol. The average molecular weight is 526 g/mol. The Balaban J connectivity index is 0.00000420. The molecule has 0 aromatic heterocycles. The third-order valence-electron chi connectivity index (χ3n) is 4.60. The predicted molar refractivity (Wildman–Crippen MR) is 123 cm³/mol. The van der Waals surface area contributed by atoms with Crippen LogP contribution < -0.4 is 20.1 Å². The number of para-hydroxylation sites is 1. The van der Waals surface area contributed by atoms with Gasteiger partial charge in [0.05, 0.1) is 13.2 Å². The van der Waals surface area contributed by atoms with Crippen LogP contribution in [0.3, 0.4) is 0 Å².